The number of nitrogens with one attached hydrogen (secondary N) is 1. The molecule has 0 radical (unpaired) electrons. The highest BCUT2D eigenvalue weighted by molar-refractivity contribution is 7.10. The van der Waals surface area contributed by atoms with E-state index in [1.165, 1.54) is 28.1 Å². The van der Waals surface area contributed by atoms with Crippen molar-refractivity contribution in [3.8, 4) is 16.9 Å². The average Bonchev–Trinajstić information content (AvgIpc) is 2.98. The Bertz CT molecular complexity index is 740. The molecule has 0 saturated heterocycles. The van der Waals surface area contributed by atoms with E-state index in [-0.39, 0.29) is 5.75 Å². The Morgan fingerprint density at radius 1 is 1.00 bits per heavy atom. The lowest BCUT2D eigenvalue weighted by Crippen LogP contribution is -1.97. The number of anilines is 1. The molecule has 3 aromatic rings. The molecule has 0 amide bonds. The van der Waals surface area contributed by atoms with Crippen molar-refractivity contribution in [3.05, 3.63) is 70.7 Å². The van der Waals surface area contributed by atoms with Crippen LogP contribution in [0.1, 0.15) is 4.88 Å². The fourth-order valence-electron chi connectivity index (χ4n) is 2.06. The number of phenols is 1. The summed E-state index contributed by atoms with van der Waals surface area (Å²) in [7, 11) is 0. The molecule has 0 atom stereocenters. The molecule has 2 aromatic carbocycles. The number of hydrogen-bond acceptors (Lipinski definition) is 3. The first-order chi connectivity index (χ1) is 10.2. The topological polar surface area (TPSA) is 32.3 Å². The normalized spacial score (nSPS) is 10.5. The second-order valence-electron chi connectivity index (χ2n) is 4.69. The highest BCUT2D eigenvalue weighted by Gasteiger charge is 2.04. The predicted octanol–water partition coefficient (Wildman–Crippen LogP) is 4.87. The van der Waals surface area contributed by atoms with Crippen LogP contribution in [0.5, 0.6) is 5.75 Å². The van der Waals surface area contributed by atoms with E-state index >= 15 is 0 Å². The molecule has 0 aliphatic rings. The van der Waals surface area contributed by atoms with Gasteiger partial charge in [-0.25, -0.2) is 4.39 Å². The molecule has 21 heavy (non-hydrogen) atoms. The molecule has 0 unspecified atom stereocenters. The van der Waals surface area contributed by atoms with Crippen molar-refractivity contribution in [1.29, 1.82) is 0 Å². The number of thiophene rings is 1. The third kappa shape index (κ3) is 3.23. The lowest BCUT2D eigenvalue weighted by atomic mass is 10.1. The first kappa shape index (κ1) is 13.6. The molecular formula is C17H14FNOS. The zero-order chi connectivity index (χ0) is 14.7. The smallest absolute Gasteiger partial charge is 0.166 e. The third-order valence-electron chi connectivity index (χ3n) is 3.18. The fourth-order valence-corrected chi connectivity index (χ4v) is 2.89. The van der Waals surface area contributed by atoms with Crippen LogP contribution in [0, 0.1) is 5.82 Å². The molecule has 0 aliphatic heterocycles. The average molecular weight is 299 g/mol. The summed E-state index contributed by atoms with van der Waals surface area (Å²) in [6.07, 6.45) is 0. The molecule has 1 aromatic heterocycles. The summed E-state index contributed by atoms with van der Waals surface area (Å²) in [5, 5.41) is 14.4. The first-order valence-electron chi connectivity index (χ1n) is 6.57. The predicted molar refractivity (Wildman–Crippen MR) is 85.1 cm³/mol. The molecule has 0 aliphatic carbocycles. The van der Waals surface area contributed by atoms with Crippen LogP contribution in [0.2, 0.25) is 0 Å². The molecule has 0 fully saturated rings. The van der Waals surface area contributed by atoms with Gasteiger partial charge in [0.2, 0.25) is 0 Å². The van der Waals surface area contributed by atoms with E-state index in [0.717, 1.165) is 0 Å². The Hall–Kier alpha value is -2.33. The van der Waals surface area contributed by atoms with Crippen LogP contribution in [0.25, 0.3) is 11.1 Å². The minimum Gasteiger partial charge on any atom is -0.505 e. The maximum absolute atomic E-state index is 13.2. The molecule has 0 bridgehead atoms. The maximum atomic E-state index is 13.2. The summed E-state index contributed by atoms with van der Waals surface area (Å²) in [5.74, 6) is -0.945. The van der Waals surface area contributed by atoms with Crippen LogP contribution in [0.3, 0.4) is 0 Å². The Labute approximate surface area is 126 Å². The Kier molecular flexibility index (Phi) is 3.88. The molecule has 2 N–H and O–H groups in total. The van der Waals surface area contributed by atoms with Crippen molar-refractivity contribution in [2.45, 2.75) is 6.54 Å². The van der Waals surface area contributed by atoms with Gasteiger partial charge in [0.25, 0.3) is 0 Å². The molecule has 2 nitrogen and oxygen atoms in total. The van der Waals surface area contributed by atoms with Crippen molar-refractivity contribution in [3.63, 3.8) is 0 Å². The van der Waals surface area contributed by atoms with E-state index in [9.17, 15) is 4.39 Å². The summed E-state index contributed by atoms with van der Waals surface area (Å²) in [4.78, 5) is 1.17. The van der Waals surface area contributed by atoms with Gasteiger partial charge in [-0.2, -0.15) is 0 Å². The van der Waals surface area contributed by atoms with Crippen LogP contribution < -0.4 is 5.32 Å². The lowest BCUT2D eigenvalue weighted by molar-refractivity contribution is 0.432. The van der Waals surface area contributed by atoms with Crippen molar-refractivity contribution >= 4 is 17.0 Å². The van der Waals surface area contributed by atoms with E-state index in [1.807, 2.05) is 18.2 Å². The molecule has 1 heterocycles. The van der Waals surface area contributed by atoms with Gasteiger partial charge in [0.1, 0.15) is 0 Å². The van der Waals surface area contributed by atoms with Gasteiger partial charge in [-0.1, -0.05) is 30.3 Å². The monoisotopic (exact) mass is 299 g/mol. The number of phenolic OH excluding ortho intramolecular Hbond substituents is 1. The molecule has 106 valence electrons. The van der Waals surface area contributed by atoms with Crippen LogP contribution in [-0.4, -0.2) is 5.11 Å². The zero-order valence-corrected chi connectivity index (χ0v) is 12.0. The van der Waals surface area contributed by atoms with Crippen molar-refractivity contribution in [1.82, 2.24) is 0 Å². The van der Waals surface area contributed by atoms with E-state index in [1.54, 1.807) is 17.4 Å². The van der Waals surface area contributed by atoms with Gasteiger partial charge in [-0.3, -0.25) is 0 Å². The van der Waals surface area contributed by atoms with Crippen molar-refractivity contribution in [2.24, 2.45) is 0 Å². The largest absolute Gasteiger partial charge is 0.505 e. The number of hydrogen-bond donors (Lipinski definition) is 2. The summed E-state index contributed by atoms with van der Waals surface area (Å²) in [5.41, 5.74) is 3.03. The Morgan fingerprint density at radius 3 is 2.57 bits per heavy atom. The van der Waals surface area contributed by atoms with Gasteiger partial charge in [0, 0.05) is 23.2 Å². The highest BCUT2D eigenvalue weighted by atomic mass is 32.1. The van der Waals surface area contributed by atoms with Crippen LogP contribution >= 0.6 is 11.3 Å². The summed E-state index contributed by atoms with van der Waals surface area (Å²) >= 11 is 1.67. The summed E-state index contributed by atoms with van der Waals surface area (Å²) < 4.78 is 13.2. The Balaban J connectivity index is 1.69. The van der Waals surface area contributed by atoms with Gasteiger partial charge < -0.3 is 10.4 Å². The quantitative estimate of drug-likeness (QED) is 0.673. The highest BCUT2D eigenvalue weighted by Crippen LogP contribution is 2.26. The van der Waals surface area contributed by atoms with Gasteiger partial charge in [0.15, 0.2) is 11.6 Å². The minimum absolute atomic E-state index is 0.331. The fraction of sp³-hybridized carbons (Fsp3) is 0.0588. The number of rotatable bonds is 4. The summed E-state index contributed by atoms with van der Waals surface area (Å²) in [6.45, 7) is 0.627. The van der Waals surface area contributed by atoms with Crippen molar-refractivity contribution < 1.29 is 9.50 Å². The van der Waals surface area contributed by atoms with E-state index < -0.39 is 5.82 Å². The van der Waals surface area contributed by atoms with Crippen LogP contribution in [-0.2, 0) is 6.54 Å². The number of halogens is 1. The number of benzene rings is 2. The summed E-state index contributed by atoms with van der Waals surface area (Å²) in [6, 6.07) is 16.6. The van der Waals surface area contributed by atoms with E-state index in [0.29, 0.717) is 12.2 Å². The zero-order valence-electron chi connectivity index (χ0n) is 11.2. The van der Waals surface area contributed by atoms with Gasteiger partial charge in [-0.15, -0.1) is 11.3 Å². The molecule has 0 saturated carbocycles. The SMILES string of the molecule is Oc1ccc(NCc2cc(-c3ccccc3)cs2)cc1F. The van der Waals surface area contributed by atoms with Crippen molar-refractivity contribution in [2.75, 3.05) is 5.32 Å². The molecule has 0 spiro atoms. The lowest BCUT2D eigenvalue weighted by Gasteiger charge is -2.05. The third-order valence-corrected chi connectivity index (χ3v) is 4.11. The molecule has 4 heteroatoms. The van der Waals surface area contributed by atoms with Crippen LogP contribution in [0.4, 0.5) is 10.1 Å². The maximum Gasteiger partial charge on any atom is 0.166 e. The molecular weight excluding hydrogens is 285 g/mol. The standard InChI is InChI=1S/C17H14FNOS/c18-16-9-14(6-7-17(16)20)19-10-15-8-13(11-21-15)12-4-2-1-3-5-12/h1-9,11,19-20H,10H2. The van der Waals surface area contributed by atoms with Gasteiger partial charge in [0.05, 0.1) is 0 Å². The van der Waals surface area contributed by atoms with Gasteiger partial charge >= 0.3 is 0 Å². The van der Waals surface area contributed by atoms with E-state index in [2.05, 4.69) is 28.9 Å². The Morgan fingerprint density at radius 2 is 1.81 bits per heavy atom. The second-order valence-corrected chi connectivity index (χ2v) is 5.68. The van der Waals surface area contributed by atoms with E-state index in [4.69, 9.17) is 5.11 Å². The first-order valence-corrected chi connectivity index (χ1v) is 7.45. The van der Waals surface area contributed by atoms with Crippen LogP contribution in [0.15, 0.2) is 60.0 Å². The molecule has 3 rings (SSSR count). The van der Waals surface area contributed by atoms with Gasteiger partial charge in [-0.05, 0) is 34.7 Å². The number of aromatic hydroxyl groups is 1. The minimum atomic E-state index is -0.615. The second kappa shape index (κ2) is 5.97.